The maximum absolute atomic E-state index is 11.7. The number of rotatable bonds is 2. The zero-order valence-corrected chi connectivity index (χ0v) is 8.46. The molecule has 1 aliphatic rings. The van der Waals surface area contributed by atoms with Gasteiger partial charge in [-0.3, -0.25) is 4.79 Å². The van der Waals surface area contributed by atoms with Crippen molar-refractivity contribution in [1.82, 2.24) is 9.88 Å². The van der Waals surface area contributed by atoms with E-state index in [-0.39, 0.29) is 11.8 Å². The van der Waals surface area contributed by atoms with Crippen LogP contribution in [0.2, 0.25) is 0 Å². The van der Waals surface area contributed by atoms with E-state index in [1.807, 2.05) is 0 Å². The van der Waals surface area contributed by atoms with Gasteiger partial charge in [0.1, 0.15) is 6.26 Å². The molecule has 2 rings (SSSR count). The lowest BCUT2D eigenvalue weighted by molar-refractivity contribution is 0.0787. The number of halogens is 1. The van der Waals surface area contributed by atoms with Crippen molar-refractivity contribution < 1.29 is 9.21 Å². The monoisotopic (exact) mass is 214 g/mol. The number of carbonyl (C=O) groups excluding carboxylic acids is 1. The summed E-state index contributed by atoms with van der Waals surface area (Å²) < 4.78 is 5.00. The third-order valence-electron chi connectivity index (χ3n) is 2.28. The molecule has 0 N–H and O–H groups in total. The summed E-state index contributed by atoms with van der Waals surface area (Å²) in [7, 11) is 0. The minimum Gasteiger partial charge on any atom is -0.447 e. The van der Waals surface area contributed by atoms with Crippen molar-refractivity contribution in [3.63, 3.8) is 0 Å². The van der Waals surface area contributed by atoms with Crippen LogP contribution in [0.4, 0.5) is 0 Å². The summed E-state index contributed by atoms with van der Waals surface area (Å²) in [5, 5.41) is 0. The van der Waals surface area contributed by atoms with Crippen molar-refractivity contribution in [2.24, 2.45) is 0 Å². The van der Waals surface area contributed by atoms with Gasteiger partial charge >= 0.3 is 0 Å². The fourth-order valence-electron chi connectivity index (χ4n) is 1.55. The summed E-state index contributed by atoms with van der Waals surface area (Å²) in [6, 6.07) is 0. The van der Waals surface area contributed by atoms with Gasteiger partial charge in [-0.1, -0.05) is 0 Å². The van der Waals surface area contributed by atoms with E-state index in [4.69, 9.17) is 16.0 Å². The summed E-state index contributed by atoms with van der Waals surface area (Å²) >= 11 is 5.52. The summed E-state index contributed by atoms with van der Waals surface area (Å²) in [5.74, 6) is 0.546. The molecule has 1 fully saturated rings. The van der Waals surface area contributed by atoms with Crippen molar-refractivity contribution in [1.29, 1.82) is 0 Å². The van der Waals surface area contributed by atoms with Crippen LogP contribution >= 0.6 is 11.6 Å². The highest BCUT2D eigenvalue weighted by molar-refractivity contribution is 6.16. The molecule has 1 amide bonds. The molecule has 14 heavy (non-hydrogen) atoms. The largest absolute Gasteiger partial charge is 0.447 e. The first kappa shape index (κ1) is 9.52. The molecule has 0 spiro atoms. The van der Waals surface area contributed by atoms with E-state index in [0.29, 0.717) is 11.6 Å². The van der Waals surface area contributed by atoms with E-state index in [1.54, 1.807) is 4.90 Å². The zero-order chi connectivity index (χ0) is 9.97. The van der Waals surface area contributed by atoms with Gasteiger partial charge < -0.3 is 9.32 Å². The normalized spacial score (nSPS) is 16.2. The third kappa shape index (κ3) is 1.75. The number of amides is 1. The minimum absolute atomic E-state index is 0.0531. The highest BCUT2D eigenvalue weighted by atomic mass is 35.5. The SMILES string of the molecule is O=C(c1coc(CCl)n1)N1CCCC1. The Hall–Kier alpha value is -1.03. The molecule has 0 aromatic carbocycles. The van der Waals surface area contributed by atoms with Crippen molar-refractivity contribution in [2.75, 3.05) is 13.1 Å². The number of alkyl halides is 1. The number of oxazole rings is 1. The van der Waals surface area contributed by atoms with Crippen LogP contribution < -0.4 is 0 Å². The van der Waals surface area contributed by atoms with Crippen molar-refractivity contribution in [3.05, 3.63) is 17.8 Å². The average molecular weight is 215 g/mol. The number of hydrogen-bond donors (Lipinski definition) is 0. The maximum Gasteiger partial charge on any atom is 0.275 e. The molecule has 0 saturated carbocycles. The van der Waals surface area contributed by atoms with Crippen LogP contribution in [-0.4, -0.2) is 28.9 Å². The molecule has 1 aromatic heterocycles. The van der Waals surface area contributed by atoms with Crippen LogP contribution in [0.5, 0.6) is 0 Å². The summed E-state index contributed by atoms with van der Waals surface area (Å²) in [5.41, 5.74) is 0.363. The second kappa shape index (κ2) is 4.00. The topological polar surface area (TPSA) is 46.3 Å². The van der Waals surface area contributed by atoms with Crippen LogP contribution in [0.25, 0.3) is 0 Å². The molecule has 0 unspecified atom stereocenters. The van der Waals surface area contributed by atoms with Gasteiger partial charge in [0.2, 0.25) is 5.89 Å². The lowest BCUT2D eigenvalue weighted by atomic mass is 10.4. The Morgan fingerprint density at radius 1 is 1.57 bits per heavy atom. The third-order valence-corrected chi connectivity index (χ3v) is 2.51. The van der Waals surface area contributed by atoms with Crippen molar-refractivity contribution in [3.8, 4) is 0 Å². The first-order chi connectivity index (χ1) is 6.81. The van der Waals surface area contributed by atoms with E-state index in [1.165, 1.54) is 6.26 Å². The highest BCUT2D eigenvalue weighted by Crippen LogP contribution is 2.13. The molecule has 1 aliphatic heterocycles. The molecule has 0 radical (unpaired) electrons. The van der Waals surface area contributed by atoms with E-state index < -0.39 is 0 Å². The minimum atomic E-state index is -0.0531. The molecular weight excluding hydrogens is 204 g/mol. The standard InChI is InChI=1S/C9H11ClN2O2/c10-5-8-11-7(6-14-8)9(13)12-3-1-2-4-12/h6H,1-5H2. The zero-order valence-electron chi connectivity index (χ0n) is 7.70. The van der Waals surface area contributed by atoms with Crippen LogP contribution in [0.15, 0.2) is 10.7 Å². The molecule has 2 heterocycles. The molecule has 0 bridgehead atoms. The maximum atomic E-state index is 11.7. The summed E-state index contributed by atoms with van der Waals surface area (Å²) in [6.45, 7) is 1.64. The Labute approximate surface area is 86.9 Å². The first-order valence-electron chi connectivity index (χ1n) is 4.61. The Bertz CT molecular complexity index is 331. The average Bonchev–Trinajstić information content (AvgIpc) is 2.88. The van der Waals surface area contributed by atoms with Crippen LogP contribution in [0.3, 0.4) is 0 Å². The van der Waals surface area contributed by atoms with Crippen LogP contribution in [-0.2, 0) is 5.88 Å². The Kier molecular flexibility index (Phi) is 2.72. The number of nitrogens with zero attached hydrogens (tertiary/aromatic N) is 2. The summed E-state index contributed by atoms with van der Waals surface area (Å²) in [4.78, 5) is 17.5. The number of carbonyl (C=O) groups is 1. The predicted octanol–water partition coefficient (Wildman–Crippen LogP) is 1.65. The van der Waals surface area contributed by atoms with Crippen molar-refractivity contribution in [2.45, 2.75) is 18.7 Å². The van der Waals surface area contributed by atoms with Gasteiger partial charge in [0, 0.05) is 13.1 Å². The van der Waals surface area contributed by atoms with E-state index in [2.05, 4.69) is 4.98 Å². The van der Waals surface area contributed by atoms with Gasteiger partial charge in [-0.2, -0.15) is 0 Å². The number of likely N-dealkylation sites (tertiary alicyclic amines) is 1. The van der Waals surface area contributed by atoms with Crippen LogP contribution in [0.1, 0.15) is 29.2 Å². The molecule has 1 aromatic rings. The fourth-order valence-corrected chi connectivity index (χ4v) is 1.68. The van der Waals surface area contributed by atoms with Gasteiger partial charge in [0.05, 0.1) is 5.88 Å². The van der Waals surface area contributed by atoms with Crippen molar-refractivity contribution >= 4 is 17.5 Å². The lowest BCUT2D eigenvalue weighted by Gasteiger charge is -2.12. The molecule has 0 atom stereocenters. The van der Waals surface area contributed by atoms with Gasteiger partial charge in [-0.05, 0) is 12.8 Å². The van der Waals surface area contributed by atoms with Gasteiger partial charge in [0.25, 0.3) is 5.91 Å². The highest BCUT2D eigenvalue weighted by Gasteiger charge is 2.22. The smallest absolute Gasteiger partial charge is 0.275 e. The van der Waals surface area contributed by atoms with Crippen LogP contribution in [0, 0.1) is 0 Å². The molecular formula is C9H11ClN2O2. The molecule has 0 aliphatic carbocycles. The Balaban J connectivity index is 2.09. The molecule has 4 nitrogen and oxygen atoms in total. The fraction of sp³-hybridized carbons (Fsp3) is 0.556. The summed E-state index contributed by atoms with van der Waals surface area (Å²) in [6.07, 6.45) is 3.52. The van der Waals surface area contributed by atoms with E-state index >= 15 is 0 Å². The second-order valence-corrected chi connectivity index (χ2v) is 3.53. The Morgan fingerprint density at radius 3 is 2.86 bits per heavy atom. The van der Waals surface area contributed by atoms with E-state index in [9.17, 15) is 4.79 Å². The molecule has 5 heteroatoms. The lowest BCUT2D eigenvalue weighted by Crippen LogP contribution is -2.27. The number of hydrogen-bond acceptors (Lipinski definition) is 3. The quantitative estimate of drug-likeness (QED) is 0.704. The van der Waals surface area contributed by atoms with E-state index in [0.717, 1.165) is 25.9 Å². The number of aromatic nitrogens is 1. The second-order valence-electron chi connectivity index (χ2n) is 3.26. The predicted molar refractivity (Wildman–Crippen MR) is 51.2 cm³/mol. The molecule has 1 saturated heterocycles. The van der Waals surface area contributed by atoms with Gasteiger partial charge in [-0.25, -0.2) is 4.98 Å². The first-order valence-corrected chi connectivity index (χ1v) is 5.14. The Morgan fingerprint density at radius 2 is 2.29 bits per heavy atom. The van der Waals surface area contributed by atoms with Gasteiger partial charge in [0.15, 0.2) is 5.69 Å². The molecule has 76 valence electrons. The van der Waals surface area contributed by atoms with Gasteiger partial charge in [-0.15, -0.1) is 11.6 Å².